The van der Waals surface area contributed by atoms with Crippen LogP contribution in [-0.4, -0.2) is 50.5 Å². The average molecular weight is 133 g/mol. The largest absolute Gasteiger partial charge is 0.394 e. The standard InChI is InChI=1S/C6H15NO2/c1-7(2)4-6(5-8)9-3/h6,8H,4-5H2,1-3H3. The fraction of sp³-hybridized carbons (Fsp3) is 1.00. The third kappa shape index (κ3) is 4.39. The van der Waals surface area contributed by atoms with Crippen LogP contribution in [0.5, 0.6) is 0 Å². The van der Waals surface area contributed by atoms with Crippen molar-refractivity contribution >= 4 is 0 Å². The molecule has 0 radical (unpaired) electrons. The summed E-state index contributed by atoms with van der Waals surface area (Å²) >= 11 is 0. The first-order valence-electron chi connectivity index (χ1n) is 2.99. The van der Waals surface area contributed by atoms with Gasteiger partial charge in [0.05, 0.1) is 12.7 Å². The van der Waals surface area contributed by atoms with Crippen LogP contribution in [0.3, 0.4) is 0 Å². The lowest BCUT2D eigenvalue weighted by atomic mass is 10.3. The molecule has 0 fully saturated rings. The van der Waals surface area contributed by atoms with Crippen molar-refractivity contribution in [3.8, 4) is 0 Å². The van der Waals surface area contributed by atoms with Crippen molar-refractivity contribution in [2.45, 2.75) is 6.10 Å². The summed E-state index contributed by atoms with van der Waals surface area (Å²) in [6.07, 6.45) is -0.0417. The summed E-state index contributed by atoms with van der Waals surface area (Å²) in [5, 5.41) is 8.62. The van der Waals surface area contributed by atoms with E-state index < -0.39 is 0 Å². The fourth-order valence-corrected chi connectivity index (χ4v) is 0.614. The highest BCUT2D eigenvalue weighted by Crippen LogP contribution is 1.88. The molecule has 0 aliphatic carbocycles. The maximum absolute atomic E-state index is 8.62. The van der Waals surface area contributed by atoms with Crippen LogP contribution in [0.2, 0.25) is 0 Å². The van der Waals surface area contributed by atoms with E-state index in [4.69, 9.17) is 9.84 Å². The molecule has 0 rings (SSSR count). The van der Waals surface area contributed by atoms with E-state index in [-0.39, 0.29) is 12.7 Å². The summed E-state index contributed by atoms with van der Waals surface area (Å²) in [6, 6.07) is 0. The Kier molecular flexibility index (Phi) is 4.67. The predicted molar refractivity (Wildman–Crippen MR) is 36.4 cm³/mol. The molecule has 56 valence electrons. The first-order valence-corrected chi connectivity index (χ1v) is 2.99. The smallest absolute Gasteiger partial charge is 0.0928 e. The molecule has 0 aliphatic heterocycles. The second kappa shape index (κ2) is 4.73. The molecule has 0 bridgehead atoms. The van der Waals surface area contributed by atoms with Crippen LogP contribution in [0.25, 0.3) is 0 Å². The zero-order valence-corrected chi connectivity index (χ0v) is 6.29. The van der Waals surface area contributed by atoms with Crippen LogP contribution in [0, 0.1) is 0 Å². The van der Waals surface area contributed by atoms with Gasteiger partial charge in [-0.2, -0.15) is 0 Å². The molecule has 1 N–H and O–H groups in total. The minimum absolute atomic E-state index is 0.0417. The molecular weight excluding hydrogens is 118 g/mol. The van der Waals surface area contributed by atoms with Gasteiger partial charge in [0.25, 0.3) is 0 Å². The van der Waals surface area contributed by atoms with Crippen molar-refractivity contribution in [2.75, 3.05) is 34.4 Å². The summed E-state index contributed by atoms with van der Waals surface area (Å²) in [4.78, 5) is 1.98. The van der Waals surface area contributed by atoms with Gasteiger partial charge in [-0.15, -0.1) is 0 Å². The molecule has 1 unspecified atom stereocenters. The third-order valence-corrected chi connectivity index (χ3v) is 1.11. The van der Waals surface area contributed by atoms with Crippen LogP contribution in [0.15, 0.2) is 0 Å². The summed E-state index contributed by atoms with van der Waals surface area (Å²) in [6.45, 7) is 0.863. The van der Waals surface area contributed by atoms with Gasteiger partial charge in [-0.1, -0.05) is 0 Å². The van der Waals surface area contributed by atoms with Gasteiger partial charge < -0.3 is 14.7 Å². The van der Waals surface area contributed by atoms with E-state index in [0.717, 1.165) is 6.54 Å². The van der Waals surface area contributed by atoms with Crippen LogP contribution in [-0.2, 0) is 4.74 Å². The van der Waals surface area contributed by atoms with Gasteiger partial charge in [0.1, 0.15) is 0 Å². The molecule has 0 amide bonds. The number of hydrogen-bond acceptors (Lipinski definition) is 3. The summed E-state index contributed by atoms with van der Waals surface area (Å²) in [5.41, 5.74) is 0. The van der Waals surface area contributed by atoms with Gasteiger partial charge in [0, 0.05) is 13.7 Å². The van der Waals surface area contributed by atoms with Crippen molar-refractivity contribution in [1.82, 2.24) is 4.90 Å². The van der Waals surface area contributed by atoms with Crippen LogP contribution in [0.4, 0.5) is 0 Å². The number of nitrogens with zero attached hydrogens (tertiary/aromatic N) is 1. The van der Waals surface area contributed by atoms with Crippen LogP contribution < -0.4 is 0 Å². The molecule has 3 heteroatoms. The Balaban J connectivity index is 3.31. The second-order valence-electron chi connectivity index (χ2n) is 2.30. The zero-order valence-electron chi connectivity index (χ0n) is 6.29. The van der Waals surface area contributed by atoms with E-state index in [1.807, 2.05) is 19.0 Å². The Morgan fingerprint density at radius 2 is 2.11 bits per heavy atom. The lowest BCUT2D eigenvalue weighted by Gasteiger charge is -2.16. The van der Waals surface area contributed by atoms with E-state index in [9.17, 15) is 0 Å². The lowest BCUT2D eigenvalue weighted by molar-refractivity contribution is 0.0318. The molecule has 0 saturated heterocycles. The van der Waals surface area contributed by atoms with E-state index in [1.54, 1.807) is 7.11 Å². The molecule has 0 saturated carbocycles. The topological polar surface area (TPSA) is 32.7 Å². The fourth-order valence-electron chi connectivity index (χ4n) is 0.614. The number of likely N-dealkylation sites (N-methyl/N-ethyl adjacent to an activating group) is 1. The number of aliphatic hydroxyl groups is 1. The summed E-state index contributed by atoms with van der Waals surface area (Å²) < 4.78 is 4.92. The molecule has 0 aromatic carbocycles. The van der Waals surface area contributed by atoms with Crippen molar-refractivity contribution < 1.29 is 9.84 Å². The molecule has 1 atom stereocenters. The maximum atomic E-state index is 8.62. The second-order valence-corrected chi connectivity index (χ2v) is 2.30. The van der Waals surface area contributed by atoms with E-state index in [2.05, 4.69) is 0 Å². The molecule has 0 heterocycles. The minimum Gasteiger partial charge on any atom is -0.394 e. The average Bonchev–Trinajstić information content (AvgIpc) is 1.82. The van der Waals surface area contributed by atoms with Gasteiger partial charge in [0.15, 0.2) is 0 Å². The van der Waals surface area contributed by atoms with Crippen molar-refractivity contribution in [1.29, 1.82) is 0 Å². The van der Waals surface area contributed by atoms with E-state index in [1.165, 1.54) is 0 Å². The Bertz CT molecular complexity index is 62.1. The summed E-state index contributed by atoms with van der Waals surface area (Å²) in [7, 11) is 5.49. The highest BCUT2D eigenvalue weighted by atomic mass is 16.5. The maximum Gasteiger partial charge on any atom is 0.0928 e. The molecule has 0 spiro atoms. The number of methoxy groups -OCH3 is 1. The molecular formula is C6H15NO2. The quantitative estimate of drug-likeness (QED) is 0.564. The first-order chi connectivity index (χ1) is 4.20. The monoisotopic (exact) mass is 133 g/mol. The van der Waals surface area contributed by atoms with Crippen molar-refractivity contribution in [3.05, 3.63) is 0 Å². The van der Waals surface area contributed by atoms with Gasteiger partial charge in [-0.3, -0.25) is 0 Å². The molecule has 0 aliphatic rings. The number of rotatable bonds is 4. The number of ether oxygens (including phenoxy) is 1. The predicted octanol–water partition coefficient (Wildman–Crippen LogP) is -0.445. The molecule has 9 heavy (non-hydrogen) atoms. The SMILES string of the molecule is COC(CO)CN(C)C. The van der Waals surface area contributed by atoms with E-state index in [0.29, 0.717) is 0 Å². The van der Waals surface area contributed by atoms with Gasteiger partial charge in [-0.05, 0) is 14.1 Å². The van der Waals surface area contributed by atoms with Crippen LogP contribution >= 0.6 is 0 Å². The first kappa shape index (κ1) is 8.88. The van der Waals surface area contributed by atoms with Gasteiger partial charge in [-0.25, -0.2) is 0 Å². The molecule has 0 aromatic rings. The van der Waals surface area contributed by atoms with Crippen molar-refractivity contribution in [3.63, 3.8) is 0 Å². The Labute approximate surface area is 56.2 Å². The molecule has 3 nitrogen and oxygen atoms in total. The van der Waals surface area contributed by atoms with Gasteiger partial charge >= 0.3 is 0 Å². The van der Waals surface area contributed by atoms with Crippen molar-refractivity contribution in [2.24, 2.45) is 0 Å². The third-order valence-electron chi connectivity index (χ3n) is 1.11. The lowest BCUT2D eigenvalue weighted by Crippen LogP contribution is -2.30. The number of aliphatic hydroxyl groups excluding tert-OH is 1. The summed E-state index contributed by atoms with van der Waals surface area (Å²) in [5.74, 6) is 0. The highest BCUT2D eigenvalue weighted by Gasteiger charge is 2.04. The Morgan fingerprint density at radius 1 is 1.56 bits per heavy atom. The molecule has 0 aromatic heterocycles. The van der Waals surface area contributed by atoms with E-state index >= 15 is 0 Å². The van der Waals surface area contributed by atoms with Gasteiger partial charge in [0.2, 0.25) is 0 Å². The zero-order chi connectivity index (χ0) is 7.28. The Hall–Kier alpha value is -0.120. The number of hydrogen-bond donors (Lipinski definition) is 1. The normalized spacial score (nSPS) is 14.3. The van der Waals surface area contributed by atoms with Crippen LogP contribution in [0.1, 0.15) is 0 Å². The minimum atomic E-state index is -0.0417. The Morgan fingerprint density at radius 3 is 2.22 bits per heavy atom. The highest BCUT2D eigenvalue weighted by molar-refractivity contribution is 4.57.